The number of nitrogens with zero attached hydrogens (tertiary/aromatic N) is 1. The number of piperidine rings is 1. The van der Waals surface area contributed by atoms with Crippen molar-refractivity contribution >= 4 is 21.8 Å². The molecule has 1 amide bonds. The molecule has 1 aromatic rings. The summed E-state index contributed by atoms with van der Waals surface area (Å²) in [6, 6.07) is 4.45. The number of hydrogen-bond acceptors (Lipinski definition) is 1. The summed E-state index contributed by atoms with van der Waals surface area (Å²) in [4.78, 5) is 14.3. The standard InChI is InChI=1S/C14H17BrFNO/c1-9-4-3-7-17(10(9)2)14(18)12-8-11(16)5-6-13(12)15/h5-6,8-10H,3-4,7H2,1-2H3. The van der Waals surface area contributed by atoms with Crippen LogP contribution in [0.4, 0.5) is 4.39 Å². The maximum absolute atomic E-state index is 13.3. The lowest BCUT2D eigenvalue weighted by atomic mass is 9.91. The van der Waals surface area contributed by atoms with Gasteiger partial charge in [0.05, 0.1) is 5.56 Å². The predicted octanol–water partition coefficient (Wildman–Crippen LogP) is 3.85. The van der Waals surface area contributed by atoms with Crippen molar-refractivity contribution in [3.05, 3.63) is 34.1 Å². The Morgan fingerprint density at radius 2 is 2.17 bits per heavy atom. The van der Waals surface area contributed by atoms with Crippen molar-refractivity contribution in [2.45, 2.75) is 32.7 Å². The molecule has 18 heavy (non-hydrogen) atoms. The van der Waals surface area contributed by atoms with Gasteiger partial charge in [-0.1, -0.05) is 6.92 Å². The van der Waals surface area contributed by atoms with Crippen LogP contribution < -0.4 is 0 Å². The molecule has 1 aliphatic heterocycles. The summed E-state index contributed by atoms with van der Waals surface area (Å²) in [5, 5.41) is 0. The van der Waals surface area contributed by atoms with Crippen molar-refractivity contribution in [1.29, 1.82) is 0 Å². The molecular formula is C14H17BrFNO. The van der Waals surface area contributed by atoms with Crippen molar-refractivity contribution in [1.82, 2.24) is 4.90 Å². The van der Waals surface area contributed by atoms with E-state index in [1.807, 2.05) is 4.90 Å². The third-order valence-corrected chi connectivity index (χ3v) is 4.48. The number of rotatable bonds is 1. The van der Waals surface area contributed by atoms with Crippen LogP contribution >= 0.6 is 15.9 Å². The van der Waals surface area contributed by atoms with Crippen LogP contribution in [0.25, 0.3) is 0 Å². The highest BCUT2D eigenvalue weighted by Gasteiger charge is 2.29. The summed E-state index contributed by atoms with van der Waals surface area (Å²) >= 11 is 3.32. The number of carbonyl (C=O) groups excluding carboxylic acids is 1. The van der Waals surface area contributed by atoms with E-state index >= 15 is 0 Å². The quantitative estimate of drug-likeness (QED) is 0.771. The fourth-order valence-corrected chi connectivity index (χ4v) is 2.85. The Kier molecular flexibility index (Phi) is 4.05. The summed E-state index contributed by atoms with van der Waals surface area (Å²) in [5.41, 5.74) is 0.413. The zero-order valence-electron chi connectivity index (χ0n) is 10.6. The third kappa shape index (κ3) is 2.58. The van der Waals surface area contributed by atoms with Crippen LogP contribution in [0.15, 0.2) is 22.7 Å². The Morgan fingerprint density at radius 1 is 1.44 bits per heavy atom. The van der Waals surface area contributed by atoms with Gasteiger partial charge in [0.2, 0.25) is 0 Å². The van der Waals surface area contributed by atoms with Crippen LogP contribution in [0, 0.1) is 11.7 Å². The van der Waals surface area contributed by atoms with E-state index in [1.165, 1.54) is 12.1 Å². The van der Waals surface area contributed by atoms with E-state index in [9.17, 15) is 9.18 Å². The maximum atomic E-state index is 13.3. The van der Waals surface area contributed by atoms with Gasteiger partial charge in [0.25, 0.3) is 5.91 Å². The van der Waals surface area contributed by atoms with Gasteiger partial charge in [0.1, 0.15) is 5.82 Å². The average molecular weight is 314 g/mol. The van der Waals surface area contributed by atoms with E-state index in [0.717, 1.165) is 19.4 Å². The minimum Gasteiger partial charge on any atom is -0.336 e. The van der Waals surface area contributed by atoms with E-state index in [4.69, 9.17) is 0 Å². The van der Waals surface area contributed by atoms with Crippen molar-refractivity contribution in [3.63, 3.8) is 0 Å². The Labute approximate surface area is 115 Å². The van der Waals surface area contributed by atoms with E-state index in [0.29, 0.717) is 16.0 Å². The fourth-order valence-electron chi connectivity index (χ4n) is 2.44. The van der Waals surface area contributed by atoms with Crippen LogP contribution in [-0.4, -0.2) is 23.4 Å². The van der Waals surface area contributed by atoms with Crippen LogP contribution in [-0.2, 0) is 0 Å². The van der Waals surface area contributed by atoms with Gasteiger partial charge in [-0.05, 0) is 59.8 Å². The van der Waals surface area contributed by atoms with E-state index in [1.54, 1.807) is 6.07 Å². The number of benzene rings is 1. The molecule has 1 heterocycles. The van der Waals surface area contributed by atoms with Gasteiger partial charge in [-0.2, -0.15) is 0 Å². The molecule has 0 N–H and O–H groups in total. The van der Waals surface area contributed by atoms with E-state index < -0.39 is 0 Å². The lowest BCUT2D eigenvalue weighted by molar-refractivity contribution is 0.0549. The molecule has 2 unspecified atom stereocenters. The van der Waals surface area contributed by atoms with Crippen LogP contribution in [0.1, 0.15) is 37.0 Å². The van der Waals surface area contributed by atoms with Crippen molar-refractivity contribution in [3.8, 4) is 0 Å². The molecule has 0 spiro atoms. The zero-order chi connectivity index (χ0) is 13.3. The average Bonchev–Trinajstić information content (AvgIpc) is 2.35. The summed E-state index contributed by atoms with van der Waals surface area (Å²) in [6.07, 6.45) is 2.17. The monoisotopic (exact) mass is 313 g/mol. The number of amides is 1. The molecule has 2 rings (SSSR count). The first-order chi connectivity index (χ1) is 8.50. The first-order valence-electron chi connectivity index (χ1n) is 6.26. The Hall–Kier alpha value is -0.900. The van der Waals surface area contributed by atoms with Crippen molar-refractivity contribution in [2.75, 3.05) is 6.54 Å². The first kappa shape index (κ1) is 13.5. The highest BCUT2D eigenvalue weighted by molar-refractivity contribution is 9.10. The Morgan fingerprint density at radius 3 is 2.89 bits per heavy atom. The number of halogens is 2. The largest absolute Gasteiger partial charge is 0.336 e. The maximum Gasteiger partial charge on any atom is 0.255 e. The van der Waals surface area contributed by atoms with E-state index in [2.05, 4.69) is 29.8 Å². The molecule has 2 atom stereocenters. The molecule has 98 valence electrons. The predicted molar refractivity (Wildman–Crippen MR) is 73.0 cm³/mol. The van der Waals surface area contributed by atoms with Gasteiger partial charge < -0.3 is 4.90 Å². The molecular weight excluding hydrogens is 297 g/mol. The van der Waals surface area contributed by atoms with Gasteiger partial charge in [-0.25, -0.2) is 4.39 Å². The second kappa shape index (κ2) is 5.39. The van der Waals surface area contributed by atoms with Gasteiger partial charge in [0.15, 0.2) is 0 Å². The van der Waals surface area contributed by atoms with Crippen LogP contribution in [0.3, 0.4) is 0 Å². The molecule has 0 saturated carbocycles. The summed E-state index contributed by atoms with van der Waals surface area (Å²) in [5.74, 6) is 0.0368. The fraction of sp³-hybridized carbons (Fsp3) is 0.500. The molecule has 1 fully saturated rings. The lowest BCUT2D eigenvalue weighted by Gasteiger charge is -2.38. The number of hydrogen-bond donors (Lipinski definition) is 0. The molecule has 0 bridgehead atoms. The highest BCUT2D eigenvalue weighted by atomic mass is 79.9. The molecule has 0 radical (unpaired) electrons. The number of likely N-dealkylation sites (tertiary alicyclic amines) is 1. The minimum atomic E-state index is -0.376. The second-order valence-electron chi connectivity index (χ2n) is 4.98. The molecule has 1 aliphatic rings. The topological polar surface area (TPSA) is 20.3 Å². The molecule has 2 nitrogen and oxygen atoms in total. The molecule has 1 saturated heterocycles. The summed E-state index contributed by atoms with van der Waals surface area (Å²) in [6.45, 7) is 4.98. The Bertz CT molecular complexity index is 463. The molecule has 1 aromatic carbocycles. The SMILES string of the molecule is CC1CCCN(C(=O)c2cc(F)ccc2Br)C1C. The Balaban J connectivity index is 2.27. The number of carbonyl (C=O) groups is 1. The minimum absolute atomic E-state index is 0.0829. The van der Waals surface area contributed by atoms with Crippen molar-refractivity contribution < 1.29 is 9.18 Å². The molecule has 4 heteroatoms. The zero-order valence-corrected chi connectivity index (χ0v) is 12.2. The summed E-state index contributed by atoms with van der Waals surface area (Å²) in [7, 11) is 0. The highest BCUT2D eigenvalue weighted by Crippen LogP contribution is 2.27. The van der Waals surface area contributed by atoms with E-state index in [-0.39, 0.29) is 17.8 Å². The second-order valence-corrected chi connectivity index (χ2v) is 5.84. The van der Waals surface area contributed by atoms with Crippen LogP contribution in [0.5, 0.6) is 0 Å². The van der Waals surface area contributed by atoms with Gasteiger partial charge in [-0.3, -0.25) is 4.79 Å². The lowest BCUT2D eigenvalue weighted by Crippen LogP contribution is -2.46. The van der Waals surface area contributed by atoms with Crippen LogP contribution in [0.2, 0.25) is 0 Å². The van der Waals surface area contributed by atoms with Gasteiger partial charge >= 0.3 is 0 Å². The van der Waals surface area contributed by atoms with Gasteiger partial charge in [-0.15, -0.1) is 0 Å². The van der Waals surface area contributed by atoms with Crippen molar-refractivity contribution in [2.24, 2.45) is 5.92 Å². The van der Waals surface area contributed by atoms with Gasteiger partial charge in [0, 0.05) is 17.1 Å². The molecule has 0 aromatic heterocycles. The smallest absolute Gasteiger partial charge is 0.255 e. The normalized spacial score (nSPS) is 24.1. The third-order valence-electron chi connectivity index (χ3n) is 3.79. The first-order valence-corrected chi connectivity index (χ1v) is 7.06. The molecule has 0 aliphatic carbocycles. The summed E-state index contributed by atoms with van der Waals surface area (Å²) < 4.78 is 13.9.